The number of hydrogen-bond donors (Lipinski definition) is 1. The van der Waals surface area contributed by atoms with Crippen molar-refractivity contribution in [3.05, 3.63) is 37.8 Å². The van der Waals surface area contributed by atoms with Crippen molar-refractivity contribution in [2.45, 2.75) is 12.6 Å². The fraction of sp³-hybridized carbons (Fsp3) is 0.286. The average Bonchev–Trinajstić information content (AvgIpc) is 2.14. The summed E-state index contributed by atoms with van der Waals surface area (Å²) in [5, 5.41) is 10.3. The maximum Gasteiger partial charge on any atom is 0.423 e. The Morgan fingerprint density at radius 3 is 2.24 bits per heavy atom. The van der Waals surface area contributed by atoms with E-state index in [1.54, 1.807) is 0 Å². The number of nitrogens with zero attached hydrogens (tertiary/aromatic N) is 1. The number of hydrogen-bond acceptors (Lipinski definition) is 3. The van der Waals surface area contributed by atoms with Crippen molar-refractivity contribution in [3.8, 4) is 0 Å². The normalized spacial score (nSPS) is 11.9. The largest absolute Gasteiger partial charge is 0.423 e. The Kier molecular flexibility index (Phi) is 3.16. The number of aromatic nitrogens is 1. The first-order valence-corrected chi connectivity index (χ1v) is 3.91. The van der Waals surface area contributed by atoms with Crippen LogP contribution in [0.15, 0.2) is 11.0 Å². The zero-order chi connectivity index (χ0) is 13.4. The van der Waals surface area contributed by atoms with Crippen LogP contribution in [0.25, 0.3) is 0 Å². The summed E-state index contributed by atoms with van der Waals surface area (Å²) >= 11 is 0. The number of H-pyrrole nitrogens is 1. The lowest BCUT2D eigenvalue weighted by Gasteiger charge is -2.11. The second kappa shape index (κ2) is 4.11. The van der Waals surface area contributed by atoms with Crippen LogP contribution in [0.1, 0.15) is 17.6 Å². The number of rotatable bonds is 2. The van der Waals surface area contributed by atoms with Gasteiger partial charge >= 0.3 is 6.18 Å². The molecular weight excluding hydrogens is 255 g/mol. The van der Waals surface area contributed by atoms with Gasteiger partial charge in [0.25, 0.3) is 17.7 Å². The molecule has 0 aliphatic rings. The van der Waals surface area contributed by atoms with Gasteiger partial charge in [0, 0.05) is 0 Å². The lowest BCUT2D eigenvalue weighted by atomic mass is 10.1. The Morgan fingerprint density at radius 1 is 1.35 bits per heavy atom. The van der Waals surface area contributed by atoms with E-state index in [1.165, 1.54) is 4.98 Å². The molecule has 0 atom stereocenters. The Hall–Kier alpha value is -2.00. The third-order valence-electron chi connectivity index (χ3n) is 1.81. The summed E-state index contributed by atoms with van der Waals surface area (Å²) in [6.45, 7) is 0. The van der Waals surface area contributed by atoms with Crippen molar-refractivity contribution in [2.75, 3.05) is 0 Å². The molecule has 0 aliphatic heterocycles. The molecule has 0 aliphatic carbocycles. The van der Waals surface area contributed by atoms with E-state index in [4.69, 9.17) is 0 Å². The zero-order valence-electron chi connectivity index (χ0n) is 7.72. The van der Waals surface area contributed by atoms with E-state index in [2.05, 4.69) is 0 Å². The molecule has 94 valence electrons. The molecule has 0 spiro atoms. The van der Waals surface area contributed by atoms with Crippen molar-refractivity contribution < 1.29 is 26.9 Å². The highest BCUT2D eigenvalue weighted by Crippen LogP contribution is 2.39. The van der Waals surface area contributed by atoms with Gasteiger partial charge in [0.2, 0.25) is 0 Å². The molecule has 1 aromatic heterocycles. The first-order chi connectivity index (χ1) is 7.66. The molecule has 0 saturated heterocycles. The number of halogens is 5. The molecule has 17 heavy (non-hydrogen) atoms. The minimum atomic E-state index is -5.41. The summed E-state index contributed by atoms with van der Waals surface area (Å²) in [7, 11) is 0. The maximum atomic E-state index is 12.4. The van der Waals surface area contributed by atoms with Crippen molar-refractivity contribution in [1.29, 1.82) is 0 Å². The molecule has 0 fully saturated rings. The van der Waals surface area contributed by atoms with Crippen LogP contribution in [0.5, 0.6) is 0 Å². The van der Waals surface area contributed by atoms with Crippen LogP contribution in [0, 0.1) is 10.1 Å². The zero-order valence-corrected chi connectivity index (χ0v) is 7.72. The standard InChI is InChI=1S/C7H3F5N2O3/c8-5(9)3-4(7(10,11)12)2(14(16)17)1-13-6(3)15/h1,5H,(H,13,15). The van der Waals surface area contributed by atoms with Crippen LogP contribution in [0.4, 0.5) is 27.6 Å². The van der Waals surface area contributed by atoms with Gasteiger partial charge < -0.3 is 4.98 Å². The predicted octanol–water partition coefficient (Wildman–Crippen LogP) is 2.24. The molecule has 0 saturated carbocycles. The summed E-state index contributed by atoms with van der Waals surface area (Å²) in [5.74, 6) is 0. The average molecular weight is 258 g/mol. The Balaban J connectivity index is 3.75. The highest BCUT2D eigenvalue weighted by molar-refractivity contribution is 5.45. The Labute approximate surface area is 89.0 Å². The van der Waals surface area contributed by atoms with Crippen LogP contribution in [-0.2, 0) is 6.18 Å². The van der Waals surface area contributed by atoms with Gasteiger partial charge in [-0.15, -0.1) is 0 Å². The fourth-order valence-corrected chi connectivity index (χ4v) is 1.19. The smallest absolute Gasteiger partial charge is 0.322 e. The fourth-order valence-electron chi connectivity index (χ4n) is 1.19. The minimum absolute atomic E-state index is 0.136. The van der Waals surface area contributed by atoms with E-state index in [1.807, 2.05) is 0 Å². The number of alkyl halides is 5. The van der Waals surface area contributed by atoms with Gasteiger partial charge in [-0.3, -0.25) is 14.9 Å². The molecule has 1 rings (SSSR count). The topological polar surface area (TPSA) is 76.0 Å². The summed E-state index contributed by atoms with van der Waals surface area (Å²) < 4.78 is 61.9. The Morgan fingerprint density at radius 2 is 1.88 bits per heavy atom. The van der Waals surface area contributed by atoms with Gasteiger partial charge in [-0.05, 0) is 0 Å². The van der Waals surface area contributed by atoms with E-state index in [9.17, 15) is 36.9 Å². The second-order valence-corrected chi connectivity index (χ2v) is 2.85. The highest BCUT2D eigenvalue weighted by atomic mass is 19.4. The van der Waals surface area contributed by atoms with Gasteiger partial charge in [0.15, 0.2) is 0 Å². The molecule has 0 amide bonds. The van der Waals surface area contributed by atoms with Gasteiger partial charge in [0.05, 0.1) is 11.1 Å². The number of aromatic amines is 1. The van der Waals surface area contributed by atoms with E-state index in [0.29, 0.717) is 0 Å². The molecule has 10 heteroatoms. The molecule has 0 unspecified atom stereocenters. The van der Waals surface area contributed by atoms with Crippen LogP contribution < -0.4 is 5.56 Å². The summed E-state index contributed by atoms with van der Waals surface area (Å²) in [6, 6.07) is 0. The van der Waals surface area contributed by atoms with Crippen LogP contribution in [-0.4, -0.2) is 9.91 Å². The third-order valence-corrected chi connectivity index (χ3v) is 1.81. The first-order valence-electron chi connectivity index (χ1n) is 3.91. The molecule has 1 N–H and O–H groups in total. The van der Waals surface area contributed by atoms with Crippen molar-refractivity contribution in [1.82, 2.24) is 4.98 Å². The molecule has 1 aromatic rings. The summed E-state index contributed by atoms with van der Waals surface area (Å²) in [5.41, 5.74) is -7.50. The lowest BCUT2D eigenvalue weighted by Crippen LogP contribution is -2.22. The number of nitro groups is 1. The van der Waals surface area contributed by atoms with Crippen molar-refractivity contribution in [2.24, 2.45) is 0 Å². The Bertz CT molecular complexity index is 507. The predicted molar refractivity (Wildman–Crippen MR) is 43.7 cm³/mol. The molecule has 0 aromatic carbocycles. The van der Waals surface area contributed by atoms with Gasteiger partial charge in [-0.2, -0.15) is 13.2 Å². The number of nitrogens with one attached hydrogen (secondary N) is 1. The minimum Gasteiger partial charge on any atom is -0.322 e. The maximum absolute atomic E-state index is 12.4. The monoisotopic (exact) mass is 258 g/mol. The molecule has 5 nitrogen and oxygen atoms in total. The second-order valence-electron chi connectivity index (χ2n) is 2.85. The van der Waals surface area contributed by atoms with E-state index in [-0.39, 0.29) is 6.20 Å². The molecular formula is C7H3F5N2O3. The summed E-state index contributed by atoms with van der Waals surface area (Å²) in [6.07, 6.45) is -9.05. The van der Waals surface area contributed by atoms with Crippen molar-refractivity contribution in [3.63, 3.8) is 0 Å². The summed E-state index contributed by atoms with van der Waals surface area (Å²) in [4.78, 5) is 21.1. The van der Waals surface area contributed by atoms with Crippen LogP contribution in [0.3, 0.4) is 0 Å². The van der Waals surface area contributed by atoms with Crippen LogP contribution >= 0.6 is 0 Å². The third kappa shape index (κ3) is 2.40. The molecule has 1 heterocycles. The van der Waals surface area contributed by atoms with E-state index in [0.717, 1.165) is 0 Å². The van der Waals surface area contributed by atoms with Gasteiger partial charge in [-0.1, -0.05) is 0 Å². The van der Waals surface area contributed by atoms with Gasteiger partial charge in [0.1, 0.15) is 11.1 Å². The van der Waals surface area contributed by atoms with Crippen LogP contribution in [0.2, 0.25) is 0 Å². The molecule has 0 bridgehead atoms. The van der Waals surface area contributed by atoms with Gasteiger partial charge in [-0.25, -0.2) is 8.78 Å². The number of pyridine rings is 1. The highest BCUT2D eigenvalue weighted by Gasteiger charge is 2.44. The lowest BCUT2D eigenvalue weighted by molar-refractivity contribution is -0.388. The molecule has 0 radical (unpaired) electrons. The first kappa shape index (κ1) is 13.1. The van der Waals surface area contributed by atoms with E-state index >= 15 is 0 Å². The van der Waals surface area contributed by atoms with E-state index < -0.39 is 39.9 Å². The van der Waals surface area contributed by atoms with Crippen molar-refractivity contribution >= 4 is 5.69 Å². The SMILES string of the molecule is O=c1[nH]cc([N+](=O)[O-])c(C(F)(F)F)c1C(F)F. The quantitative estimate of drug-likeness (QED) is 0.502.